The normalized spacial score (nSPS) is 8.25. The van der Waals surface area contributed by atoms with Gasteiger partial charge in [-0.2, -0.15) is 24.6 Å². The second-order valence-corrected chi connectivity index (χ2v) is 2.94. The second-order valence-electron chi connectivity index (χ2n) is 2.94. The summed E-state index contributed by atoms with van der Waals surface area (Å²) in [5, 5.41) is 0. The van der Waals surface area contributed by atoms with Gasteiger partial charge in [0.15, 0.2) is 0 Å². The summed E-state index contributed by atoms with van der Waals surface area (Å²) in [7, 11) is 0. The molecule has 0 heterocycles. The van der Waals surface area contributed by atoms with Crippen molar-refractivity contribution in [3.63, 3.8) is 0 Å². The van der Waals surface area contributed by atoms with Crippen LogP contribution in [0.1, 0.15) is 11.1 Å². The van der Waals surface area contributed by atoms with E-state index in [1.54, 1.807) is 0 Å². The van der Waals surface area contributed by atoms with Crippen LogP contribution in [0.3, 0.4) is 0 Å². The van der Waals surface area contributed by atoms with E-state index < -0.39 is 0 Å². The van der Waals surface area contributed by atoms with Gasteiger partial charge in [-0.15, -0.1) is 12.1 Å². The number of carbonyl (C=O) groups excluding carboxylic acids is 1. The second kappa shape index (κ2) is 9.62. The van der Waals surface area contributed by atoms with E-state index in [2.05, 4.69) is 13.5 Å². The van der Waals surface area contributed by atoms with Crippen LogP contribution in [-0.2, 0) is 48.7 Å². The van der Waals surface area contributed by atoms with Crippen molar-refractivity contribution >= 4 is 5.97 Å². The van der Waals surface area contributed by atoms with E-state index in [4.69, 9.17) is 4.74 Å². The third kappa shape index (κ3) is 6.81. The van der Waals surface area contributed by atoms with Gasteiger partial charge in [-0.3, -0.25) is 0 Å². The fourth-order valence-electron chi connectivity index (χ4n) is 1.03. The minimum absolute atomic E-state index is 0. The zero-order valence-corrected chi connectivity index (χ0v) is 12.4. The Balaban J connectivity index is 0. The van der Waals surface area contributed by atoms with Gasteiger partial charge in [-0.05, 0) is 0 Å². The first kappa shape index (κ1) is 17.8. The van der Waals surface area contributed by atoms with Gasteiger partial charge in [0.2, 0.25) is 0 Å². The molecule has 0 N–H and O–H groups in total. The standard InChI is InChI=1S/C12H13O2.CH3.Y/c1-3-12(13)14-9-8-11-6-4-10(2)5-7-11;;/h3-7H,1-2,8-9H2;1H3;/q2*-1;. The van der Waals surface area contributed by atoms with Crippen molar-refractivity contribution in [1.82, 2.24) is 0 Å². The molecule has 0 saturated heterocycles. The Morgan fingerprint density at radius 2 is 1.94 bits per heavy atom. The third-order valence-electron chi connectivity index (χ3n) is 1.82. The summed E-state index contributed by atoms with van der Waals surface area (Å²) in [4.78, 5) is 10.7. The summed E-state index contributed by atoms with van der Waals surface area (Å²) in [5.41, 5.74) is 2.12. The molecule has 16 heavy (non-hydrogen) atoms. The topological polar surface area (TPSA) is 26.3 Å². The summed E-state index contributed by atoms with van der Waals surface area (Å²) in [6.45, 7) is 7.49. The number of esters is 1. The van der Waals surface area contributed by atoms with Gasteiger partial charge in [0.1, 0.15) is 0 Å². The fourth-order valence-corrected chi connectivity index (χ4v) is 1.03. The van der Waals surface area contributed by atoms with E-state index in [0.717, 1.165) is 17.5 Å². The molecule has 0 fully saturated rings. The third-order valence-corrected chi connectivity index (χ3v) is 1.82. The molecule has 0 unspecified atom stereocenters. The summed E-state index contributed by atoms with van der Waals surface area (Å²) in [6, 6.07) is 7.82. The first-order chi connectivity index (χ1) is 6.72. The Bertz CT molecular complexity index is 317. The Kier molecular flexibility index (Phi) is 10.7. The van der Waals surface area contributed by atoms with Crippen LogP contribution in [0.5, 0.6) is 0 Å². The Labute approximate surface area is 123 Å². The molecule has 1 aromatic rings. The van der Waals surface area contributed by atoms with Gasteiger partial charge in [0.25, 0.3) is 0 Å². The van der Waals surface area contributed by atoms with E-state index in [9.17, 15) is 4.79 Å². The van der Waals surface area contributed by atoms with Crippen molar-refractivity contribution in [2.75, 3.05) is 6.61 Å². The molecule has 0 aromatic heterocycles. The largest absolute Gasteiger partial charge is 0.462 e. The molecular formula is C13H16O2Y-2. The molecule has 0 atom stereocenters. The van der Waals surface area contributed by atoms with Gasteiger partial charge in [-0.1, -0.05) is 12.1 Å². The Hall–Kier alpha value is -0.596. The molecule has 0 spiro atoms. The quantitative estimate of drug-likeness (QED) is 0.484. The van der Waals surface area contributed by atoms with Crippen molar-refractivity contribution in [2.24, 2.45) is 0 Å². The summed E-state index contributed by atoms with van der Waals surface area (Å²) in [5.74, 6) is -0.376. The first-order valence-corrected chi connectivity index (χ1v) is 4.42. The van der Waals surface area contributed by atoms with Gasteiger partial charge >= 0.3 is 5.97 Å². The molecule has 0 aliphatic heterocycles. The van der Waals surface area contributed by atoms with Crippen molar-refractivity contribution in [3.8, 4) is 0 Å². The SMILES string of the molecule is C=CC(=O)OCCc1ccc([CH2-])cc1.[CH3-].[Y]. The maximum Gasteiger partial charge on any atom is 0.330 e. The molecular weight excluding hydrogens is 277 g/mol. The fraction of sp³-hybridized carbons (Fsp3) is 0.154. The maximum absolute atomic E-state index is 10.7. The van der Waals surface area contributed by atoms with Crippen molar-refractivity contribution in [3.05, 3.63) is 62.4 Å². The summed E-state index contributed by atoms with van der Waals surface area (Å²) < 4.78 is 4.85. The molecule has 3 heteroatoms. The molecule has 0 aliphatic carbocycles. The molecule has 0 bridgehead atoms. The van der Waals surface area contributed by atoms with Gasteiger partial charge < -0.3 is 12.2 Å². The monoisotopic (exact) mass is 293 g/mol. The van der Waals surface area contributed by atoms with E-state index in [1.807, 2.05) is 24.3 Å². The van der Waals surface area contributed by atoms with Gasteiger partial charge in [-0.25, -0.2) is 4.79 Å². The van der Waals surface area contributed by atoms with E-state index in [0.29, 0.717) is 6.61 Å². The molecule has 1 aromatic carbocycles. The first-order valence-electron chi connectivity index (χ1n) is 4.42. The van der Waals surface area contributed by atoms with E-state index in [-0.39, 0.29) is 46.1 Å². The maximum atomic E-state index is 10.7. The van der Waals surface area contributed by atoms with Gasteiger partial charge in [0, 0.05) is 45.2 Å². The van der Waals surface area contributed by atoms with Crippen molar-refractivity contribution in [2.45, 2.75) is 6.42 Å². The molecule has 2 nitrogen and oxygen atoms in total. The number of ether oxygens (including phenoxy) is 1. The van der Waals surface area contributed by atoms with Crippen LogP contribution in [0, 0.1) is 14.4 Å². The zero-order valence-electron chi connectivity index (χ0n) is 9.61. The van der Waals surface area contributed by atoms with Crippen LogP contribution in [0.15, 0.2) is 36.9 Å². The van der Waals surface area contributed by atoms with Crippen LogP contribution in [0.4, 0.5) is 0 Å². The summed E-state index contributed by atoms with van der Waals surface area (Å²) in [6.07, 6.45) is 1.89. The molecule has 0 amide bonds. The van der Waals surface area contributed by atoms with Crippen molar-refractivity contribution < 1.29 is 42.2 Å². The zero-order chi connectivity index (χ0) is 10.4. The number of hydrogen-bond acceptors (Lipinski definition) is 2. The number of rotatable bonds is 4. The van der Waals surface area contributed by atoms with Crippen LogP contribution in [0.2, 0.25) is 0 Å². The molecule has 0 aliphatic rings. The molecule has 1 radical (unpaired) electrons. The number of hydrogen-bond donors (Lipinski definition) is 0. The molecule has 1 rings (SSSR count). The molecule has 0 saturated carbocycles. The minimum atomic E-state index is -0.376. The Morgan fingerprint density at radius 3 is 2.44 bits per heavy atom. The van der Waals surface area contributed by atoms with Crippen LogP contribution in [0.25, 0.3) is 0 Å². The predicted octanol–water partition coefficient (Wildman–Crippen LogP) is 2.59. The minimum Gasteiger partial charge on any atom is -0.462 e. The van der Waals surface area contributed by atoms with Crippen LogP contribution >= 0.6 is 0 Å². The smallest absolute Gasteiger partial charge is 0.330 e. The average Bonchev–Trinajstić information content (AvgIpc) is 2.21. The Morgan fingerprint density at radius 1 is 1.38 bits per heavy atom. The van der Waals surface area contributed by atoms with Crippen LogP contribution < -0.4 is 0 Å². The number of carbonyl (C=O) groups is 1. The van der Waals surface area contributed by atoms with Crippen LogP contribution in [-0.4, -0.2) is 12.6 Å². The van der Waals surface area contributed by atoms with Gasteiger partial charge in [0.05, 0.1) is 6.61 Å². The number of benzene rings is 1. The van der Waals surface area contributed by atoms with E-state index >= 15 is 0 Å². The van der Waals surface area contributed by atoms with E-state index in [1.165, 1.54) is 6.08 Å². The van der Waals surface area contributed by atoms with Crippen molar-refractivity contribution in [1.29, 1.82) is 0 Å². The summed E-state index contributed by atoms with van der Waals surface area (Å²) >= 11 is 0. The molecule has 85 valence electrons. The average molecular weight is 293 g/mol. The predicted molar refractivity (Wildman–Crippen MR) is 62.2 cm³/mol.